The van der Waals surface area contributed by atoms with Crippen molar-refractivity contribution in [2.45, 2.75) is 39.3 Å². The van der Waals surface area contributed by atoms with Gasteiger partial charge in [0.1, 0.15) is 0 Å². The van der Waals surface area contributed by atoms with E-state index in [0.29, 0.717) is 12.5 Å². The highest BCUT2D eigenvalue weighted by atomic mass is 16.5. The summed E-state index contributed by atoms with van der Waals surface area (Å²) in [6.45, 7) is 5.00. The van der Waals surface area contributed by atoms with Crippen molar-refractivity contribution in [1.82, 2.24) is 5.32 Å². The lowest BCUT2D eigenvalue weighted by atomic mass is 10.00. The molecule has 0 radical (unpaired) electrons. The summed E-state index contributed by atoms with van der Waals surface area (Å²) in [6.07, 6.45) is 3.25. The summed E-state index contributed by atoms with van der Waals surface area (Å²) in [5.74, 6) is 0.581. The summed E-state index contributed by atoms with van der Waals surface area (Å²) in [6, 6.07) is 8.46. The zero-order valence-electron chi connectivity index (χ0n) is 12.2. The van der Waals surface area contributed by atoms with E-state index in [-0.39, 0.29) is 6.61 Å². The molecule has 0 amide bonds. The van der Waals surface area contributed by atoms with Crippen LogP contribution in [-0.2, 0) is 17.9 Å². The van der Waals surface area contributed by atoms with Crippen molar-refractivity contribution >= 4 is 0 Å². The number of hydrogen-bond donors (Lipinski definition) is 2. The molecule has 0 heterocycles. The van der Waals surface area contributed by atoms with E-state index in [0.717, 1.165) is 19.5 Å². The van der Waals surface area contributed by atoms with Gasteiger partial charge in [-0.2, -0.15) is 0 Å². The summed E-state index contributed by atoms with van der Waals surface area (Å²) >= 11 is 0. The normalized spacial score (nSPS) is 12.6. The molecule has 3 nitrogen and oxygen atoms in total. The van der Waals surface area contributed by atoms with Crippen LogP contribution in [0.2, 0.25) is 0 Å². The topological polar surface area (TPSA) is 41.5 Å². The maximum Gasteiger partial charge on any atom is 0.0713 e. The Balaban J connectivity index is 2.36. The Bertz CT molecular complexity index is 335. The van der Waals surface area contributed by atoms with Gasteiger partial charge in [0.2, 0.25) is 0 Å². The first kappa shape index (κ1) is 16.2. The van der Waals surface area contributed by atoms with Gasteiger partial charge in [-0.05, 0) is 36.4 Å². The zero-order chi connectivity index (χ0) is 13.9. The fourth-order valence-corrected chi connectivity index (χ4v) is 2.36. The molecular formula is C16H27NO2. The highest BCUT2D eigenvalue weighted by molar-refractivity contribution is 5.22. The third kappa shape index (κ3) is 6.71. The van der Waals surface area contributed by atoms with E-state index in [1.807, 2.05) is 0 Å². The Hall–Kier alpha value is -0.900. The Morgan fingerprint density at radius 1 is 1.26 bits per heavy atom. The third-order valence-corrected chi connectivity index (χ3v) is 3.30. The molecule has 0 aliphatic carbocycles. The van der Waals surface area contributed by atoms with Crippen LogP contribution in [0.1, 0.15) is 37.3 Å². The molecule has 1 aromatic rings. The van der Waals surface area contributed by atoms with Gasteiger partial charge in [0.05, 0.1) is 6.61 Å². The van der Waals surface area contributed by atoms with E-state index >= 15 is 0 Å². The van der Waals surface area contributed by atoms with Gasteiger partial charge in [-0.3, -0.25) is 0 Å². The third-order valence-electron chi connectivity index (χ3n) is 3.30. The fourth-order valence-electron chi connectivity index (χ4n) is 2.36. The average Bonchev–Trinajstić information content (AvgIpc) is 2.40. The number of aliphatic hydroxyl groups excluding tert-OH is 1. The number of hydrogen-bond acceptors (Lipinski definition) is 3. The van der Waals surface area contributed by atoms with E-state index in [2.05, 4.69) is 36.5 Å². The highest BCUT2D eigenvalue weighted by Crippen LogP contribution is 2.10. The molecule has 0 aliphatic heterocycles. The number of methoxy groups -OCH3 is 1. The second-order valence-corrected chi connectivity index (χ2v) is 5.05. The van der Waals surface area contributed by atoms with Gasteiger partial charge in [-0.1, -0.05) is 37.6 Å². The minimum Gasteiger partial charge on any atom is -0.396 e. The first-order valence-electron chi connectivity index (χ1n) is 7.18. The van der Waals surface area contributed by atoms with Crippen molar-refractivity contribution in [3.63, 3.8) is 0 Å². The van der Waals surface area contributed by atoms with Gasteiger partial charge in [-0.25, -0.2) is 0 Å². The molecule has 1 aromatic carbocycles. The van der Waals surface area contributed by atoms with E-state index in [1.54, 1.807) is 7.11 Å². The molecule has 108 valence electrons. The number of rotatable bonds is 10. The van der Waals surface area contributed by atoms with Gasteiger partial charge in [0, 0.05) is 20.3 Å². The predicted molar refractivity (Wildman–Crippen MR) is 79.0 cm³/mol. The lowest BCUT2D eigenvalue weighted by Gasteiger charge is -2.15. The van der Waals surface area contributed by atoms with Gasteiger partial charge < -0.3 is 15.2 Å². The Kier molecular flexibility index (Phi) is 8.47. The van der Waals surface area contributed by atoms with E-state index in [1.165, 1.54) is 24.0 Å². The molecule has 1 atom stereocenters. The van der Waals surface area contributed by atoms with Crippen molar-refractivity contribution in [3.05, 3.63) is 35.4 Å². The van der Waals surface area contributed by atoms with Crippen LogP contribution in [0.3, 0.4) is 0 Å². The number of nitrogens with one attached hydrogen (secondary N) is 1. The Morgan fingerprint density at radius 2 is 2.05 bits per heavy atom. The Morgan fingerprint density at radius 3 is 2.74 bits per heavy atom. The molecule has 0 bridgehead atoms. The summed E-state index contributed by atoms with van der Waals surface area (Å²) in [7, 11) is 1.72. The molecule has 0 fully saturated rings. The van der Waals surface area contributed by atoms with Crippen LogP contribution >= 0.6 is 0 Å². The van der Waals surface area contributed by atoms with Crippen molar-refractivity contribution in [2.75, 3.05) is 20.3 Å². The molecule has 1 rings (SSSR count). The molecule has 0 aliphatic rings. The molecule has 0 saturated heterocycles. The molecule has 0 saturated carbocycles. The number of ether oxygens (including phenoxy) is 1. The lowest BCUT2D eigenvalue weighted by molar-refractivity contribution is 0.185. The van der Waals surface area contributed by atoms with Crippen molar-refractivity contribution < 1.29 is 9.84 Å². The maximum absolute atomic E-state index is 9.03. The minimum atomic E-state index is 0.287. The van der Waals surface area contributed by atoms with Crippen LogP contribution in [0.5, 0.6) is 0 Å². The van der Waals surface area contributed by atoms with Crippen LogP contribution in [0.15, 0.2) is 24.3 Å². The zero-order valence-corrected chi connectivity index (χ0v) is 12.2. The summed E-state index contributed by atoms with van der Waals surface area (Å²) in [4.78, 5) is 0. The predicted octanol–water partition coefficient (Wildman–Crippen LogP) is 2.72. The lowest BCUT2D eigenvalue weighted by Crippen LogP contribution is -2.23. The molecule has 0 spiro atoms. The largest absolute Gasteiger partial charge is 0.396 e. The summed E-state index contributed by atoms with van der Waals surface area (Å²) in [5, 5.41) is 12.5. The monoisotopic (exact) mass is 265 g/mol. The van der Waals surface area contributed by atoms with Crippen LogP contribution < -0.4 is 5.32 Å². The summed E-state index contributed by atoms with van der Waals surface area (Å²) in [5.41, 5.74) is 2.50. The van der Waals surface area contributed by atoms with Crippen molar-refractivity contribution in [3.8, 4) is 0 Å². The SMILES string of the molecule is CCCC(CCO)CNCc1cccc(COC)c1. The van der Waals surface area contributed by atoms with Gasteiger partial charge in [0.25, 0.3) is 0 Å². The molecule has 0 aromatic heterocycles. The standard InChI is InChI=1S/C16H27NO2/c1-3-5-14(8-9-18)11-17-12-15-6-4-7-16(10-15)13-19-2/h4,6-7,10,14,17-18H,3,5,8-9,11-13H2,1-2H3. The van der Waals surface area contributed by atoms with Crippen LogP contribution in [0, 0.1) is 5.92 Å². The van der Waals surface area contributed by atoms with Crippen LogP contribution in [0.25, 0.3) is 0 Å². The quantitative estimate of drug-likeness (QED) is 0.683. The Labute approximate surface area is 117 Å². The van der Waals surface area contributed by atoms with Gasteiger partial charge >= 0.3 is 0 Å². The van der Waals surface area contributed by atoms with Crippen LogP contribution in [-0.4, -0.2) is 25.4 Å². The molecule has 1 unspecified atom stereocenters. The second-order valence-electron chi connectivity index (χ2n) is 5.05. The number of aliphatic hydroxyl groups is 1. The van der Waals surface area contributed by atoms with Crippen LogP contribution in [0.4, 0.5) is 0 Å². The van der Waals surface area contributed by atoms with Gasteiger partial charge in [0.15, 0.2) is 0 Å². The average molecular weight is 265 g/mol. The highest BCUT2D eigenvalue weighted by Gasteiger charge is 2.06. The minimum absolute atomic E-state index is 0.287. The number of benzene rings is 1. The molecular weight excluding hydrogens is 238 g/mol. The first-order chi connectivity index (χ1) is 9.30. The molecule has 2 N–H and O–H groups in total. The van der Waals surface area contributed by atoms with Gasteiger partial charge in [-0.15, -0.1) is 0 Å². The van der Waals surface area contributed by atoms with E-state index < -0.39 is 0 Å². The second kappa shape index (κ2) is 9.96. The molecule has 3 heteroatoms. The first-order valence-corrected chi connectivity index (χ1v) is 7.18. The molecule has 19 heavy (non-hydrogen) atoms. The van der Waals surface area contributed by atoms with Crippen molar-refractivity contribution in [2.24, 2.45) is 5.92 Å². The fraction of sp³-hybridized carbons (Fsp3) is 0.625. The maximum atomic E-state index is 9.03. The smallest absolute Gasteiger partial charge is 0.0713 e. The van der Waals surface area contributed by atoms with Crippen molar-refractivity contribution in [1.29, 1.82) is 0 Å². The summed E-state index contributed by atoms with van der Waals surface area (Å²) < 4.78 is 5.14. The van der Waals surface area contributed by atoms with E-state index in [4.69, 9.17) is 9.84 Å². The van der Waals surface area contributed by atoms with E-state index in [9.17, 15) is 0 Å².